The molecular formula is C13H19NO2S. The van der Waals surface area contributed by atoms with Gasteiger partial charge >= 0.3 is 5.97 Å². The monoisotopic (exact) mass is 253 g/mol. The van der Waals surface area contributed by atoms with Gasteiger partial charge in [-0.3, -0.25) is 4.79 Å². The molecule has 0 bridgehead atoms. The Morgan fingerprint density at radius 2 is 2.24 bits per heavy atom. The number of likely N-dealkylation sites (tertiary alicyclic amines) is 1. The molecule has 0 aromatic carbocycles. The predicted octanol–water partition coefficient (Wildman–Crippen LogP) is 2.48. The van der Waals surface area contributed by atoms with Gasteiger partial charge in [0.2, 0.25) is 0 Å². The van der Waals surface area contributed by atoms with Crippen molar-refractivity contribution in [2.45, 2.75) is 25.7 Å². The van der Waals surface area contributed by atoms with Crippen LogP contribution in [0.5, 0.6) is 0 Å². The smallest absolute Gasteiger partial charge is 0.303 e. The molecule has 94 valence electrons. The molecule has 0 spiro atoms. The highest BCUT2D eigenvalue weighted by Crippen LogP contribution is 2.20. The van der Waals surface area contributed by atoms with Crippen molar-refractivity contribution >= 4 is 17.3 Å². The van der Waals surface area contributed by atoms with Crippen LogP contribution in [0.2, 0.25) is 0 Å². The highest BCUT2D eigenvalue weighted by molar-refractivity contribution is 7.07. The molecule has 1 aromatic rings. The van der Waals surface area contributed by atoms with E-state index in [0.717, 1.165) is 38.9 Å². The van der Waals surface area contributed by atoms with Gasteiger partial charge in [0.1, 0.15) is 0 Å². The summed E-state index contributed by atoms with van der Waals surface area (Å²) >= 11 is 1.75. The fourth-order valence-corrected chi connectivity index (χ4v) is 3.09. The second-order valence-corrected chi connectivity index (χ2v) is 5.54. The molecule has 2 heterocycles. The van der Waals surface area contributed by atoms with Crippen LogP contribution < -0.4 is 0 Å². The molecule has 1 N–H and O–H groups in total. The van der Waals surface area contributed by atoms with Gasteiger partial charge in [-0.05, 0) is 60.7 Å². The maximum Gasteiger partial charge on any atom is 0.303 e. The Balaban J connectivity index is 1.67. The Hall–Kier alpha value is -0.870. The summed E-state index contributed by atoms with van der Waals surface area (Å²) in [5.41, 5.74) is 1.42. The molecule has 0 radical (unpaired) electrons. The van der Waals surface area contributed by atoms with Gasteiger partial charge in [-0.15, -0.1) is 0 Å². The van der Waals surface area contributed by atoms with Gasteiger partial charge in [-0.25, -0.2) is 0 Å². The average molecular weight is 253 g/mol. The van der Waals surface area contributed by atoms with E-state index in [0.29, 0.717) is 12.3 Å². The molecule has 1 aliphatic heterocycles. The fraction of sp³-hybridized carbons (Fsp3) is 0.615. The van der Waals surface area contributed by atoms with Crippen molar-refractivity contribution in [3.05, 3.63) is 22.4 Å². The van der Waals surface area contributed by atoms with E-state index in [1.807, 2.05) is 0 Å². The summed E-state index contributed by atoms with van der Waals surface area (Å²) in [5, 5.41) is 13.1. The van der Waals surface area contributed by atoms with Crippen LogP contribution >= 0.6 is 11.3 Å². The lowest BCUT2D eigenvalue weighted by molar-refractivity contribution is -0.138. The molecule has 1 saturated heterocycles. The van der Waals surface area contributed by atoms with Crippen LogP contribution in [0.4, 0.5) is 0 Å². The van der Waals surface area contributed by atoms with Gasteiger partial charge in [0, 0.05) is 13.0 Å². The second-order valence-electron chi connectivity index (χ2n) is 4.76. The van der Waals surface area contributed by atoms with Gasteiger partial charge < -0.3 is 10.0 Å². The normalized spacial score (nSPS) is 18.4. The number of carbonyl (C=O) groups is 1. The number of piperidine rings is 1. The van der Waals surface area contributed by atoms with E-state index in [-0.39, 0.29) is 0 Å². The van der Waals surface area contributed by atoms with Crippen LogP contribution in [-0.4, -0.2) is 35.6 Å². The zero-order valence-electron chi connectivity index (χ0n) is 9.97. The molecule has 2 rings (SSSR count). The highest BCUT2D eigenvalue weighted by Gasteiger charge is 2.20. The molecule has 17 heavy (non-hydrogen) atoms. The van der Waals surface area contributed by atoms with Crippen LogP contribution in [0.3, 0.4) is 0 Å². The first kappa shape index (κ1) is 12.6. The molecule has 1 fully saturated rings. The van der Waals surface area contributed by atoms with E-state index in [4.69, 9.17) is 5.11 Å². The number of carboxylic acid groups (broad SMARTS) is 1. The molecular weight excluding hydrogens is 234 g/mol. The molecule has 0 aliphatic carbocycles. The van der Waals surface area contributed by atoms with E-state index in [1.165, 1.54) is 5.56 Å². The fourth-order valence-electron chi connectivity index (χ4n) is 2.38. The Morgan fingerprint density at radius 3 is 2.82 bits per heavy atom. The molecule has 4 heteroatoms. The van der Waals surface area contributed by atoms with Crippen molar-refractivity contribution in [3.63, 3.8) is 0 Å². The first-order valence-electron chi connectivity index (χ1n) is 6.19. The van der Waals surface area contributed by atoms with E-state index in [9.17, 15) is 4.79 Å². The van der Waals surface area contributed by atoms with Crippen molar-refractivity contribution in [2.75, 3.05) is 19.6 Å². The van der Waals surface area contributed by atoms with Crippen molar-refractivity contribution in [1.82, 2.24) is 4.90 Å². The Kier molecular flexibility index (Phi) is 4.57. The summed E-state index contributed by atoms with van der Waals surface area (Å²) in [7, 11) is 0. The molecule has 0 atom stereocenters. The van der Waals surface area contributed by atoms with E-state index in [2.05, 4.69) is 21.7 Å². The third-order valence-electron chi connectivity index (χ3n) is 3.47. The highest BCUT2D eigenvalue weighted by atomic mass is 32.1. The van der Waals surface area contributed by atoms with Crippen molar-refractivity contribution < 1.29 is 9.90 Å². The van der Waals surface area contributed by atoms with Crippen LogP contribution in [0, 0.1) is 5.92 Å². The maximum absolute atomic E-state index is 10.6. The number of thiophene rings is 1. The summed E-state index contributed by atoms with van der Waals surface area (Å²) in [6, 6.07) is 2.18. The average Bonchev–Trinajstić information content (AvgIpc) is 2.80. The number of aliphatic carboxylic acids is 1. The Bertz CT molecular complexity index is 342. The van der Waals surface area contributed by atoms with Gasteiger partial charge in [0.05, 0.1) is 0 Å². The van der Waals surface area contributed by atoms with Crippen LogP contribution in [0.15, 0.2) is 16.8 Å². The minimum atomic E-state index is -0.651. The van der Waals surface area contributed by atoms with Gasteiger partial charge in [-0.2, -0.15) is 11.3 Å². The van der Waals surface area contributed by atoms with Gasteiger partial charge in [0.25, 0.3) is 0 Å². The molecule has 0 saturated carbocycles. The van der Waals surface area contributed by atoms with Gasteiger partial charge in [-0.1, -0.05) is 0 Å². The van der Waals surface area contributed by atoms with Crippen LogP contribution in [-0.2, 0) is 11.2 Å². The minimum Gasteiger partial charge on any atom is -0.481 e. The second kappa shape index (κ2) is 6.17. The first-order chi connectivity index (χ1) is 8.24. The number of hydrogen-bond donors (Lipinski definition) is 1. The summed E-state index contributed by atoms with van der Waals surface area (Å²) in [6.07, 6.45) is 3.54. The number of rotatable bonds is 5. The Morgan fingerprint density at radius 1 is 1.47 bits per heavy atom. The zero-order chi connectivity index (χ0) is 12.1. The molecule has 0 amide bonds. The third kappa shape index (κ3) is 4.13. The zero-order valence-corrected chi connectivity index (χ0v) is 10.8. The van der Waals surface area contributed by atoms with Crippen molar-refractivity contribution in [2.24, 2.45) is 5.92 Å². The lowest BCUT2D eigenvalue weighted by Gasteiger charge is -2.31. The van der Waals surface area contributed by atoms with Gasteiger partial charge in [0.15, 0.2) is 0 Å². The molecule has 1 aromatic heterocycles. The number of hydrogen-bond acceptors (Lipinski definition) is 3. The Labute approximate surface area is 106 Å². The summed E-state index contributed by atoms with van der Waals surface area (Å²) in [5.74, 6) is -0.258. The summed E-state index contributed by atoms with van der Waals surface area (Å²) in [6.45, 7) is 3.22. The van der Waals surface area contributed by atoms with E-state index < -0.39 is 5.97 Å². The molecule has 0 unspecified atom stereocenters. The lowest BCUT2D eigenvalue weighted by atomic mass is 9.93. The largest absolute Gasteiger partial charge is 0.481 e. The van der Waals surface area contributed by atoms with Crippen molar-refractivity contribution in [3.8, 4) is 0 Å². The summed E-state index contributed by atoms with van der Waals surface area (Å²) in [4.78, 5) is 13.1. The number of carboxylic acids is 1. The maximum atomic E-state index is 10.6. The third-order valence-corrected chi connectivity index (χ3v) is 4.20. The van der Waals surface area contributed by atoms with E-state index >= 15 is 0 Å². The minimum absolute atomic E-state index is 0.346. The quantitative estimate of drug-likeness (QED) is 0.876. The predicted molar refractivity (Wildman–Crippen MR) is 69.4 cm³/mol. The topological polar surface area (TPSA) is 40.5 Å². The van der Waals surface area contributed by atoms with Crippen LogP contribution in [0.25, 0.3) is 0 Å². The van der Waals surface area contributed by atoms with Crippen molar-refractivity contribution in [1.29, 1.82) is 0 Å². The first-order valence-corrected chi connectivity index (χ1v) is 7.13. The lowest BCUT2D eigenvalue weighted by Crippen LogP contribution is -2.35. The SMILES string of the molecule is O=C(O)CC1CCN(CCc2ccsc2)CC1. The summed E-state index contributed by atoms with van der Waals surface area (Å²) < 4.78 is 0. The van der Waals surface area contributed by atoms with Crippen LogP contribution in [0.1, 0.15) is 24.8 Å². The molecule has 3 nitrogen and oxygen atoms in total. The van der Waals surface area contributed by atoms with E-state index in [1.54, 1.807) is 11.3 Å². The number of nitrogens with zero attached hydrogens (tertiary/aromatic N) is 1. The standard InChI is InChI=1S/C13H19NO2S/c15-13(16)9-11-1-5-14(6-2-11)7-3-12-4-8-17-10-12/h4,8,10-11H,1-3,5-7,9H2,(H,15,16). The molecule has 1 aliphatic rings.